The summed E-state index contributed by atoms with van der Waals surface area (Å²) in [5.74, 6) is 0.254. The van der Waals surface area contributed by atoms with E-state index >= 15 is 0 Å². The molecule has 0 bridgehead atoms. The first kappa shape index (κ1) is 20.2. The van der Waals surface area contributed by atoms with Crippen LogP contribution in [0.15, 0.2) is 35.5 Å². The number of hydrogen-bond donors (Lipinski definition) is 2. The van der Waals surface area contributed by atoms with Crippen LogP contribution in [0.3, 0.4) is 0 Å². The molecule has 1 atom stereocenters. The summed E-state index contributed by atoms with van der Waals surface area (Å²) in [6, 6.07) is 6.55. The number of piperazine rings is 1. The van der Waals surface area contributed by atoms with Gasteiger partial charge in [0.2, 0.25) is 0 Å². The number of hydrogen-bond acceptors (Lipinski definition) is 6. The molecule has 152 valence electrons. The summed E-state index contributed by atoms with van der Waals surface area (Å²) in [5, 5.41) is 6.25. The molecule has 8 heteroatoms. The van der Waals surface area contributed by atoms with Crippen LogP contribution < -0.4 is 15.4 Å². The van der Waals surface area contributed by atoms with Crippen molar-refractivity contribution < 1.29 is 19.1 Å². The molecular weight excluding hydrogens is 360 g/mol. The Balaban J connectivity index is 2.05. The van der Waals surface area contributed by atoms with E-state index < -0.39 is 12.0 Å². The second-order valence-electron chi connectivity index (χ2n) is 6.83. The predicted octanol–water partition coefficient (Wildman–Crippen LogP) is 1.11. The maximum atomic E-state index is 12.9. The third-order valence-corrected chi connectivity index (χ3v) is 5.08. The number of nitrogens with zero attached hydrogens (tertiary/aromatic N) is 2. The monoisotopic (exact) mass is 388 g/mol. The van der Waals surface area contributed by atoms with E-state index in [4.69, 9.17) is 9.47 Å². The molecule has 2 aliphatic heterocycles. The largest absolute Gasteiger partial charge is 0.497 e. The van der Waals surface area contributed by atoms with Gasteiger partial charge in [-0.05, 0) is 24.6 Å². The zero-order valence-electron chi connectivity index (χ0n) is 16.7. The van der Waals surface area contributed by atoms with Gasteiger partial charge in [-0.15, -0.1) is 0 Å². The van der Waals surface area contributed by atoms with Gasteiger partial charge in [0.05, 0.1) is 25.3 Å². The molecule has 0 aliphatic carbocycles. The van der Waals surface area contributed by atoms with Gasteiger partial charge in [-0.2, -0.15) is 0 Å². The molecule has 2 heterocycles. The van der Waals surface area contributed by atoms with Crippen molar-refractivity contribution in [2.45, 2.75) is 13.0 Å². The molecule has 1 fully saturated rings. The number of ether oxygens (including phenoxy) is 2. The molecule has 0 spiro atoms. The maximum Gasteiger partial charge on any atom is 0.338 e. The highest BCUT2D eigenvalue weighted by atomic mass is 16.5. The summed E-state index contributed by atoms with van der Waals surface area (Å²) in [5.41, 5.74) is 1.93. The second-order valence-corrected chi connectivity index (χ2v) is 6.83. The average molecular weight is 388 g/mol. The zero-order valence-corrected chi connectivity index (χ0v) is 16.7. The van der Waals surface area contributed by atoms with Crippen molar-refractivity contribution in [1.82, 2.24) is 20.4 Å². The highest BCUT2D eigenvalue weighted by Gasteiger charge is 2.37. The summed E-state index contributed by atoms with van der Waals surface area (Å²) >= 11 is 0. The highest BCUT2D eigenvalue weighted by Crippen LogP contribution is 2.32. The molecule has 28 heavy (non-hydrogen) atoms. The molecule has 2 amide bonds. The molecule has 1 saturated heterocycles. The van der Waals surface area contributed by atoms with Crippen LogP contribution in [0.1, 0.15) is 18.5 Å². The van der Waals surface area contributed by atoms with Gasteiger partial charge < -0.3 is 20.1 Å². The van der Waals surface area contributed by atoms with Crippen LogP contribution in [0.25, 0.3) is 0 Å². The number of nitrogens with one attached hydrogen (secondary N) is 2. The summed E-state index contributed by atoms with van der Waals surface area (Å²) in [7, 11) is 3.28. The van der Waals surface area contributed by atoms with Crippen LogP contribution in [0.4, 0.5) is 4.79 Å². The Labute approximate surface area is 165 Å². The second kappa shape index (κ2) is 9.07. The first-order chi connectivity index (χ1) is 13.5. The van der Waals surface area contributed by atoms with Gasteiger partial charge in [0, 0.05) is 45.5 Å². The molecule has 0 aromatic heterocycles. The number of benzene rings is 1. The quantitative estimate of drug-likeness (QED) is 0.711. The molecule has 2 N–H and O–H groups in total. The summed E-state index contributed by atoms with van der Waals surface area (Å²) in [6.45, 7) is 6.05. The van der Waals surface area contributed by atoms with Crippen molar-refractivity contribution in [1.29, 1.82) is 0 Å². The molecule has 3 rings (SSSR count). The Morgan fingerprint density at radius 1 is 1.29 bits per heavy atom. The Morgan fingerprint density at radius 2 is 2.04 bits per heavy atom. The van der Waals surface area contributed by atoms with Gasteiger partial charge in [-0.1, -0.05) is 12.1 Å². The summed E-state index contributed by atoms with van der Waals surface area (Å²) in [4.78, 5) is 29.4. The SMILES string of the molecule is CCOC(=O)C1=C(CN2CCNCC2)N(C)C(=O)NC1c1cccc(OC)c1. The molecular formula is C20H28N4O4. The number of methoxy groups -OCH3 is 1. The molecule has 8 nitrogen and oxygen atoms in total. The van der Waals surface area contributed by atoms with Crippen molar-refractivity contribution in [3.8, 4) is 5.75 Å². The third-order valence-electron chi connectivity index (χ3n) is 5.08. The highest BCUT2D eigenvalue weighted by molar-refractivity contribution is 5.95. The van der Waals surface area contributed by atoms with Crippen LogP contribution in [0.5, 0.6) is 5.75 Å². The molecule has 0 radical (unpaired) electrons. The van der Waals surface area contributed by atoms with Crippen LogP contribution in [0, 0.1) is 0 Å². The smallest absolute Gasteiger partial charge is 0.338 e. The molecule has 2 aliphatic rings. The minimum Gasteiger partial charge on any atom is -0.497 e. The Hall–Kier alpha value is -2.58. The standard InChI is InChI=1S/C20H28N4O4/c1-4-28-19(25)17-16(13-24-10-8-21-9-11-24)23(2)20(26)22-18(17)14-6-5-7-15(12-14)27-3/h5-7,12,18,21H,4,8-11,13H2,1-3H3,(H,22,26). The number of likely N-dealkylation sites (N-methyl/N-ethyl adjacent to an activating group) is 1. The maximum absolute atomic E-state index is 12.9. The van der Waals surface area contributed by atoms with Crippen LogP contribution in [0.2, 0.25) is 0 Å². The molecule has 0 saturated carbocycles. The number of amides is 2. The summed E-state index contributed by atoms with van der Waals surface area (Å²) < 4.78 is 10.7. The number of carbonyl (C=O) groups excluding carboxylic acids is 2. The van der Waals surface area contributed by atoms with Gasteiger partial charge in [0.25, 0.3) is 0 Å². The van der Waals surface area contributed by atoms with E-state index in [-0.39, 0.29) is 12.6 Å². The fraction of sp³-hybridized carbons (Fsp3) is 0.500. The van der Waals surface area contributed by atoms with Gasteiger partial charge in [-0.3, -0.25) is 9.80 Å². The lowest BCUT2D eigenvalue weighted by molar-refractivity contribution is -0.139. The predicted molar refractivity (Wildman–Crippen MR) is 105 cm³/mol. The van der Waals surface area contributed by atoms with Crippen molar-refractivity contribution in [2.24, 2.45) is 0 Å². The van der Waals surface area contributed by atoms with Gasteiger partial charge in [0.15, 0.2) is 0 Å². The molecule has 1 aromatic rings. The average Bonchev–Trinajstić information content (AvgIpc) is 2.72. The minimum absolute atomic E-state index is 0.244. The first-order valence-corrected chi connectivity index (χ1v) is 9.56. The minimum atomic E-state index is -0.587. The Kier molecular flexibility index (Phi) is 6.53. The first-order valence-electron chi connectivity index (χ1n) is 9.56. The topological polar surface area (TPSA) is 83.1 Å². The van der Waals surface area contributed by atoms with Gasteiger partial charge in [-0.25, -0.2) is 9.59 Å². The molecule has 1 unspecified atom stereocenters. The van der Waals surface area contributed by atoms with E-state index in [0.717, 1.165) is 31.7 Å². The van der Waals surface area contributed by atoms with Gasteiger partial charge in [0.1, 0.15) is 5.75 Å². The summed E-state index contributed by atoms with van der Waals surface area (Å²) in [6.07, 6.45) is 0. The van der Waals surface area contributed by atoms with E-state index in [0.29, 0.717) is 23.6 Å². The zero-order chi connectivity index (χ0) is 20.1. The van der Waals surface area contributed by atoms with Crippen LogP contribution in [-0.2, 0) is 9.53 Å². The number of carbonyl (C=O) groups is 2. The number of esters is 1. The number of rotatable bonds is 6. The third kappa shape index (κ3) is 4.28. The van der Waals surface area contributed by atoms with E-state index in [1.807, 2.05) is 24.3 Å². The van der Waals surface area contributed by atoms with Crippen molar-refractivity contribution in [2.75, 3.05) is 53.5 Å². The lowest BCUT2D eigenvalue weighted by Gasteiger charge is -2.37. The normalized spacial score (nSPS) is 20.8. The molecule has 1 aromatic carbocycles. The van der Waals surface area contributed by atoms with Crippen LogP contribution in [-0.4, -0.2) is 75.3 Å². The van der Waals surface area contributed by atoms with Crippen molar-refractivity contribution >= 4 is 12.0 Å². The number of urea groups is 1. The van der Waals surface area contributed by atoms with E-state index in [1.165, 1.54) is 4.90 Å². The van der Waals surface area contributed by atoms with Gasteiger partial charge >= 0.3 is 12.0 Å². The fourth-order valence-corrected chi connectivity index (χ4v) is 3.55. The lowest BCUT2D eigenvalue weighted by atomic mass is 9.94. The Morgan fingerprint density at radius 3 is 2.71 bits per heavy atom. The van der Waals surface area contributed by atoms with Crippen molar-refractivity contribution in [3.63, 3.8) is 0 Å². The lowest BCUT2D eigenvalue weighted by Crippen LogP contribution is -2.51. The van der Waals surface area contributed by atoms with Crippen molar-refractivity contribution in [3.05, 3.63) is 41.1 Å². The van der Waals surface area contributed by atoms with E-state index in [2.05, 4.69) is 15.5 Å². The van der Waals surface area contributed by atoms with Crippen LogP contribution >= 0.6 is 0 Å². The van der Waals surface area contributed by atoms with E-state index in [1.54, 1.807) is 21.1 Å². The Bertz CT molecular complexity index is 758. The van der Waals surface area contributed by atoms with E-state index in [9.17, 15) is 9.59 Å². The fourth-order valence-electron chi connectivity index (χ4n) is 3.55.